The summed E-state index contributed by atoms with van der Waals surface area (Å²) in [7, 11) is -3.86. The van der Waals surface area contributed by atoms with Crippen LogP contribution in [-0.4, -0.2) is 41.4 Å². The Morgan fingerprint density at radius 1 is 1.30 bits per heavy atom. The molecular weight excluding hydrogens is 318 g/mol. The number of para-hydroxylation sites is 1. The molecule has 0 saturated carbocycles. The van der Waals surface area contributed by atoms with E-state index in [0.29, 0.717) is 23.7 Å². The molecule has 1 atom stereocenters. The molecule has 3 rings (SSSR count). The first-order valence-electron chi connectivity index (χ1n) is 7.34. The number of hydroxylamine groups is 1. The van der Waals surface area contributed by atoms with E-state index >= 15 is 0 Å². The number of benzene rings is 1. The molecule has 2 N–H and O–H groups in total. The van der Waals surface area contributed by atoms with Crippen molar-refractivity contribution in [1.29, 1.82) is 0 Å². The molecule has 0 radical (unpaired) electrons. The molecule has 1 fully saturated rings. The average Bonchev–Trinajstić information content (AvgIpc) is 2.60. The zero-order valence-electron chi connectivity index (χ0n) is 12.3. The average molecular weight is 335 g/mol. The predicted molar refractivity (Wildman–Crippen MR) is 83.2 cm³/mol. The quantitative estimate of drug-likeness (QED) is 0.650. The lowest BCUT2D eigenvalue weighted by molar-refractivity contribution is -0.134. The Kier molecular flexibility index (Phi) is 4.29. The zero-order valence-corrected chi connectivity index (χ0v) is 13.2. The zero-order chi connectivity index (χ0) is 16.4. The second-order valence-corrected chi connectivity index (χ2v) is 7.36. The molecule has 1 aliphatic rings. The number of pyridine rings is 1. The van der Waals surface area contributed by atoms with Gasteiger partial charge in [-0.2, -0.15) is 4.31 Å². The highest BCUT2D eigenvalue weighted by molar-refractivity contribution is 7.89. The standard InChI is InChI=1S/C15H17N3O4S/c19-15(17-20)14-7-3-4-8-18(14)23(21,22)12-9-11-5-1-2-6-13(11)16-10-12/h1-2,5-6,9-10,14,20H,3-4,7-8H2,(H,17,19)/t14-/m1/s1. The van der Waals surface area contributed by atoms with Crippen LogP contribution in [-0.2, 0) is 14.8 Å². The molecule has 2 aromatic rings. The van der Waals surface area contributed by atoms with Crippen LogP contribution in [0.2, 0.25) is 0 Å². The lowest BCUT2D eigenvalue weighted by atomic mass is 10.0. The number of nitrogens with zero attached hydrogens (tertiary/aromatic N) is 2. The molecular formula is C15H17N3O4S. The van der Waals surface area contributed by atoms with Crippen LogP contribution in [0.25, 0.3) is 10.9 Å². The van der Waals surface area contributed by atoms with Gasteiger partial charge in [0.15, 0.2) is 0 Å². The molecule has 1 aromatic heterocycles. The number of carbonyl (C=O) groups excluding carboxylic acids is 1. The molecule has 122 valence electrons. The monoisotopic (exact) mass is 335 g/mol. The van der Waals surface area contributed by atoms with Crippen molar-refractivity contribution in [2.75, 3.05) is 6.54 Å². The molecule has 1 aliphatic heterocycles. The minimum atomic E-state index is -3.86. The van der Waals surface area contributed by atoms with Crippen LogP contribution in [0.1, 0.15) is 19.3 Å². The molecule has 0 spiro atoms. The van der Waals surface area contributed by atoms with Crippen molar-refractivity contribution in [1.82, 2.24) is 14.8 Å². The van der Waals surface area contributed by atoms with Gasteiger partial charge in [0, 0.05) is 18.1 Å². The fourth-order valence-electron chi connectivity index (χ4n) is 2.86. The number of nitrogens with one attached hydrogen (secondary N) is 1. The predicted octanol–water partition coefficient (Wildman–Crippen LogP) is 1.28. The normalized spacial score (nSPS) is 19.6. The molecule has 23 heavy (non-hydrogen) atoms. The van der Waals surface area contributed by atoms with Gasteiger partial charge in [0.25, 0.3) is 5.91 Å². The summed E-state index contributed by atoms with van der Waals surface area (Å²) in [5, 5.41) is 9.57. The van der Waals surface area contributed by atoms with Crippen LogP contribution in [0, 0.1) is 0 Å². The molecule has 1 aromatic carbocycles. The smallest absolute Gasteiger partial charge is 0.261 e. The van der Waals surface area contributed by atoms with Gasteiger partial charge in [-0.05, 0) is 25.0 Å². The summed E-state index contributed by atoms with van der Waals surface area (Å²) < 4.78 is 26.9. The summed E-state index contributed by atoms with van der Waals surface area (Å²) >= 11 is 0. The van der Waals surface area contributed by atoms with E-state index in [9.17, 15) is 13.2 Å². The number of aromatic nitrogens is 1. The highest BCUT2D eigenvalue weighted by atomic mass is 32.2. The Morgan fingerprint density at radius 2 is 2.09 bits per heavy atom. The van der Waals surface area contributed by atoms with Crippen molar-refractivity contribution in [2.45, 2.75) is 30.2 Å². The third kappa shape index (κ3) is 2.92. The number of hydrogen-bond acceptors (Lipinski definition) is 5. The summed E-state index contributed by atoms with van der Waals surface area (Å²) in [6.07, 6.45) is 3.10. The summed E-state index contributed by atoms with van der Waals surface area (Å²) in [6.45, 7) is 0.243. The summed E-state index contributed by atoms with van der Waals surface area (Å²) in [6, 6.07) is 7.88. The van der Waals surface area contributed by atoms with Crippen LogP contribution in [0.3, 0.4) is 0 Å². The number of sulfonamides is 1. The van der Waals surface area contributed by atoms with Gasteiger partial charge in [-0.3, -0.25) is 15.0 Å². The van der Waals surface area contributed by atoms with Gasteiger partial charge in [0.1, 0.15) is 10.9 Å². The van der Waals surface area contributed by atoms with E-state index < -0.39 is 22.0 Å². The maximum Gasteiger partial charge on any atom is 0.261 e. The van der Waals surface area contributed by atoms with Crippen molar-refractivity contribution in [3.63, 3.8) is 0 Å². The van der Waals surface area contributed by atoms with Gasteiger partial charge in [-0.1, -0.05) is 24.6 Å². The third-order valence-corrected chi connectivity index (χ3v) is 5.91. The van der Waals surface area contributed by atoms with Gasteiger partial charge in [-0.15, -0.1) is 0 Å². The van der Waals surface area contributed by atoms with E-state index in [1.165, 1.54) is 6.20 Å². The molecule has 0 aliphatic carbocycles. The van der Waals surface area contributed by atoms with E-state index in [-0.39, 0.29) is 11.4 Å². The van der Waals surface area contributed by atoms with Crippen LogP contribution >= 0.6 is 0 Å². The van der Waals surface area contributed by atoms with Crippen LogP contribution in [0.5, 0.6) is 0 Å². The van der Waals surface area contributed by atoms with Gasteiger partial charge in [0.05, 0.1) is 5.52 Å². The summed E-state index contributed by atoms with van der Waals surface area (Å²) in [5.74, 6) is -0.706. The molecule has 7 nitrogen and oxygen atoms in total. The van der Waals surface area contributed by atoms with Crippen LogP contribution < -0.4 is 5.48 Å². The van der Waals surface area contributed by atoms with E-state index in [0.717, 1.165) is 10.7 Å². The first-order valence-corrected chi connectivity index (χ1v) is 8.78. The maximum atomic E-state index is 12.9. The van der Waals surface area contributed by atoms with Crippen molar-refractivity contribution in [3.05, 3.63) is 36.5 Å². The first-order chi connectivity index (χ1) is 11.0. The van der Waals surface area contributed by atoms with E-state index in [4.69, 9.17) is 5.21 Å². The molecule has 1 amide bonds. The Labute approximate surface area is 133 Å². The summed E-state index contributed by atoms with van der Waals surface area (Å²) in [5.41, 5.74) is 2.26. The minimum Gasteiger partial charge on any atom is -0.289 e. The SMILES string of the molecule is O=C(NO)[C@H]1CCCCN1S(=O)(=O)c1cnc2ccccc2c1. The largest absolute Gasteiger partial charge is 0.289 e. The fraction of sp³-hybridized carbons (Fsp3) is 0.333. The van der Waals surface area contributed by atoms with Crippen molar-refractivity contribution >= 4 is 26.8 Å². The van der Waals surface area contributed by atoms with Gasteiger partial charge in [0.2, 0.25) is 10.0 Å². The van der Waals surface area contributed by atoms with Crippen LogP contribution in [0.4, 0.5) is 0 Å². The third-order valence-electron chi connectivity index (χ3n) is 4.04. The number of fused-ring (bicyclic) bond motifs is 1. The Bertz CT molecular complexity index is 837. The Hall–Kier alpha value is -2.03. The second kappa shape index (κ2) is 6.23. The Balaban J connectivity index is 2.02. The molecule has 8 heteroatoms. The highest BCUT2D eigenvalue weighted by Crippen LogP contribution is 2.26. The maximum absolute atomic E-state index is 12.9. The van der Waals surface area contributed by atoms with Crippen LogP contribution in [0.15, 0.2) is 41.4 Å². The number of hydrogen-bond donors (Lipinski definition) is 2. The number of rotatable bonds is 3. The first kappa shape index (κ1) is 15.9. The molecule has 2 heterocycles. The lowest BCUT2D eigenvalue weighted by Crippen LogP contribution is -2.51. The lowest BCUT2D eigenvalue weighted by Gasteiger charge is -2.32. The molecule has 1 saturated heterocycles. The van der Waals surface area contributed by atoms with Gasteiger partial charge in [-0.25, -0.2) is 13.9 Å². The number of piperidine rings is 1. The van der Waals surface area contributed by atoms with Crippen molar-refractivity contribution in [3.8, 4) is 0 Å². The van der Waals surface area contributed by atoms with E-state index in [1.807, 2.05) is 12.1 Å². The minimum absolute atomic E-state index is 0.0499. The number of amides is 1. The molecule has 0 bridgehead atoms. The molecule has 0 unspecified atom stereocenters. The second-order valence-electron chi connectivity index (χ2n) is 5.47. The fourth-order valence-corrected chi connectivity index (χ4v) is 4.49. The summed E-state index contributed by atoms with van der Waals surface area (Å²) in [4.78, 5) is 16.0. The van der Waals surface area contributed by atoms with Crippen molar-refractivity contribution in [2.24, 2.45) is 0 Å². The van der Waals surface area contributed by atoms with Gasteiger partial charge < -0.3 is 0 Å². The van der Waals surface area contributed by atoms with E-state index in [1.54, 1.807) is 23.7 Å². The topological polar surface area (TPSA) is 99.6 Å². The highest BCUT2D eigenvalue weighted by Gasteiger charge is 2.37. The van der Waals surface area contributed by atoms with E-state index in [2.05, 4.69) is 4.98 Å². The Morgan fingerprint density at radius 3 is 2.87 bits per heavy atom. The number of carbonyl (C=O) groups is 1. The van der Waals surface area contributed by atoms with Gasteiger partial charge >= 0.3 is 0 Å². The van der Waals surface area contributed by atoms with Crippen molar-refractivity contribution < 1.29 is 18.4 Å².